The molecular weight excluding hydrogens is 428 g/mol. The van der Waals surface area contributed by atoms with Crippen LogP contribution in [-0.4, -0.2) is 54.5 Å². The summed E-state index contributed by atoms with van der Waals surface area (Å²) in [5.74, 6) is 1.27. The number of ether oxygens (including phenoxy) is 2. The smallest absolute Gasteiger partial charge is 0.250 e. The van der Waals surface area contributed by atoms with Gasteiger partial charge in [-0.05, 0) is 48.9 Å². The van der Waals surface area contributed by atoms with Crippen molar-refractivity contribution in [2.45, 2.75) is 64.0 Å². The van der Waals surface area contributed by atoms with E-state index < -0.39 is 6.04 Å². The highest BCUT2D eigenvalue weighted by atomic mass is 16.5. The van der Waals surface area contributed by atoms with E-state index >= 15 is 0 Å². The summed E-state index contributed by atoms with van der Waals surface area (Å²) in [6.07, 6.45) is 6.98. The third-order valence-electron chi connectivity index (χ3n) is 6.92. The van der Waals surface area contributed by atoms with E-state index in [2.05, 4.69) is 19.1 Å². The van der Waals surface area contributed by atoms with Crippen LogP contribution in [-0.2, 0) is 16.0 Å². The first kappa shape index (κ1) is 24.1. The van der Waals surface area contributed by atoms with Crippen molar-refractivity contribution >= 4 is 11.8 Å². The highest BCUT2D eigenvalue weighted by Crippen LogP contribution is 2.36. The first-order chi connectivity index (χ1) is 16.6. The van der Waals surface area contributed by atoms with Gasteiger partial charge in [-0.3, -0.25) is 9.59 Å². The fourth-order valence-electron chi connectivity index (χ4n) is 5.11. The molecule has 2 aromatic carbocycles. The molecule has 34 heavy (non-hydrogen) atoms. The molecule has 2 amide bonds. The van der Waals surface area contributed by atoms with Crippen LogP contribution in [0.5, 0.6) is 11.5 Å². The number of benzene rings is 2. The first-order valence-corrected chi connectivity index (χ1v) is 12.6. The molecule has 2 aliphatic rings. The zero-order valence-corrected chi connectivity index (χ0v) is 20.4. The van der Waals surface area contributed by atoms with Gasteiger partial charge in [0.2, 0.25) is 5.91 Å². The van der Waals surface area contributed by atoms with Crippen LogP contribution in [0.15, 0.2) is 48.5 Å². The summed E-state index contributed by atoms with van der Waals surface area (Å²) >= 11 is 0. The summed E-state index contributed by atoms with van der Waals surface area (Å²) in [5, 5.41) is 0. The quantitative estimate of drug-likeness (QED) is 0.536. The standard InChI is InChI=1S/C28H36N2O4/c1-3-18-34-24-15-14-22(19-25(24)33-2)27-28(32)30(23-12-8-5-9-13-23)20-26(31)29(27)17-16-21-10-6-4-7-11-21/h4,6-7,10-11,14-15,19,23,27H,3,5,8-9,12-13,16-18,20H2,1-2H3. The maximum atomic E-state index is 13.9. The predicted molar refractivity (Wildman–Crippen MR) is 132 cm³/mol. The van der Waals surface area contributed by atoms with Crippen LogP contribution in [0.1, 0.15) is 62.6 Å². The second-order valence-corrected chi connectivity index (χ2v) is 9.24. The highest BCUT2D eigenvalue weighted by Gasteiger charge is 2.43. The summed E-state index contributed by atoms with van der Waals surface area (Å²) in [6.45, 7) is 3.31. The van der Waals surface area contributed by atoms with Crippen LogP contribution < -0.4 is 9.47 Å². The molecule has 1 saturated carbocycles. The molecule has 0 N–H and O–H groups in total. The van der Waals surface area contributed by atoms with E-state index in [1.165, 1.54) is 6.42 Å². The summed E-state index contributed by atoms with van der Waals surface area (Å²) in [7, 11) is 1.60. The van der Waals surface area contributed by atoms with Crippen molar-refractivity contribution in [1.82, 2.24) is 9.80 Å². The van der Waals surface area contributed by atoms with E-state index in [0.29, 0.717) is 31.1 Å². The Kier molecular flexibility index (Phi) is 8.09. The van der Waals surface area contributed by atoms with E-state index in [9.17, 15) is 9.59 Å². The molecule has 1 heterocycles. The van der Waals surface area contributed by atoms with E-state index in [4.69, 9.17) is 9.47 Å². The van der Waals surface area contributed by atoms with Crippen LogP contribution in [0, 0.1) is 0 Å². The predicted octanol–water partition coefficient (Wildman–Crippen LogP) is 4.77. The molecule has 6 heteroatoms. The van der Waals surface area contributed by atoms with Crippen molar-refractivity contribution in [3.05, 3.63) is 59.7 Å². The molecule has 4 rings (SSSR count). The van der Waals surface area contributed by atoms with Gasteiger partial charge < -0.3 is 19.3 Å². The molecule has 182 valence electrons. The SMILES string of the molecule is CCCOc1ccc(C2C(=O)N(C3CCCCC3)CC(=O)N2CCc2ccccc2)cc1OC. The minimum absolute atomic E-state index is 0.0105. The van der Waals surface area contributed by atoms with Gasteiger partial charge in [-0.15, -0.1) is 0 Å². The van der Waals surface area contributed by atoms with Gasteiger partial charge in [-0.25, -0.2) is 0 Å². The van der Waals surface area contributed by atoms with Crippen molar-refractivity contribution in [3.8, 4) is 11.5 Å². The second kappa shape index (κ2) is 11.4. The number of amides is 2. The average molecular weight is 465 g/mol. The zero-order chi connectivity index (χ0) is 23.9. The number of methoxy groups -OCH3 is 1. The summed E-state index contributed by atoms with van der Waals surface area (Å²) < 4.78 is 11.4. The van der Waals surface area contributed by atoms with E-state index in [1.54, 1.807) is 12.0 Å². The monoisotopic (exact) mass is 464 g/mol. The third kappa shape index (κ3) is 5.37. The Morgan fingerprint density at radius 2 is 1.74 bits per heavy atom. The summed E-state index contributed by atoms with van der Waals surface area (Å²) in [4.78, 5) is 31.0. The van der Waals surface area contributed by atoms with E-state index in [-0.39, 0.29) is 24.4 Å². The number of rotatable bonds is 9. The van der Waals surface area contributed by atoms with E-state index in [0.717, 1.165) is 43.2 Å². The van der Waals surface area contributed by atoms with Gasteiger partial charge >= 0.3 is 0 Å². The Morgan fingerprint density at radius 1 is 0.971 bits per heavy atom. The molecule has 0 bridgehead atoms. The molecule has 0 radical (unpaired) electrons. The highest BCUT2D eigenvalue weighted by molar-refractivity contribution is 5.96. The van der Waals surface area contributed by atoms with Gasteiger partial charge in [0.1, 0.15) is 12.6 Å². The number of hydrogen-bond acceptors (Lipinski definition) is 4. The fourth-order valence-corrected chi connectivity index (χ4v) is 5.11. The van der Waals surface area contributed by atoms with Crippen molar-refractivity contribution in [2.75, 3.05) is 26.8 Å². The number of carbonyl (C=O) groups is 2. The van der Waals surface area contributed by atoms with Crippen molar-refractivity contribution in [3.63, 3.8) is 0 Å². The Bertz CT molecular complexity index is 972. The maximum Gasteiger partial charge on any atom is 0.250 e. The molecular formula is C28H36N2O4. The normalized spacial score (nSPS) is 19.4. The van der Waals surface area contributed by atoms with Crippen LogP contribution >= 0.6 is 0 Å². The van der Waals surface area contributed by atoms with Gasteiger partial charge in [-0.1, -0.05) is 62.6 Å². The Labute approximate surface area is 202 Å². The molecule has 1 unspecified atom stereocenters. The number of carbonyl (C=O) groups excluding carboxylic acids is 2. The molecule has 6 nitrogen and oxygen atoms in total. The Morgan fingerprint density at radius 3 is 2.44 bits per heavy atom. The van der Waals surface area contributed by atoms with Crippen LogP contribution in [0.2, 0.25) is 0 Å². The fraction of sp³-hybridized carbons (Fsp3) is 0.500. The third-order valence-corrected chi connectivity index (χ3v) is 6.92. The lowest BCUT2D eigenvalue weighted by molar-refractivity contribution is -0.159. The maximum absolute atomic E-state index is 13.9. The topological polar surface area (TPSA) is 59.1 Å². The van der Waals surface area contributed by atoms with Crippen LogP contribution in [0.4, 0.5) is 0 Å². The Hall–Kier alpha value is -3.02. The summed E-state index contributed by atoms with van der Waals surface area (Å²) in [6, 6.07) is 15.2. The molecule has 1 saturated heterocycles. The van der Waals surface area contributed by atoms with Gasteiger partial charge in [-0.2, -0.15) is 0 Å². The van der Waals surface area contributed by atoms with Crippen molar-refractivity contribution < 1.29 is 19.1 Å². The average Bonchev–Trinajstić information content (AvgIpc) is 2.88. The van der Waals surface area contributed by atoms with E-state index in [1.807, 2.05) is 41.3 Å². The lowest BCUT2D eigenvalue weighted by Crippen LogP contribution is -2.58. The number of hydrogen-bond donors (Lipinski definition) is 0. The van der Waals surface area contributed by atoms with Crippen molar-refractivity contribution in [1.29, 1.82) is 0 Å². The lowest BCUT2D eigenvalue weighted by Gasteiger charge is -2.44. The largest absolute Gasteiger partial charge is 0.493 e. The Balaban J connectivity index is 1.64. The number of nitrogens with zero attached hydrogens (tertiary/aromatic N) is 2. The molecule has 2 fully saturated rings. The molecule has 1 aliphatic heterocycles. The van der Waals surface area contributed by atoms with Gasteiger partial charge in [0.25, 0.3) is 5.91 Å². The van der Waals surface area contributed by atoms with Gasteiger partial charge in [0, 0.05) is 12.6 Å². The second-order valence-electron chi connectivity index (χ2n) is 9.24. The van der Waals surface area contributed by atoms with Crippen LogP contribution in [0.25, 0.3) is 0 Å². The minimum atomic E-state index is -0.652. The summed E-state index contributed by atoms with van der Waals surface area (Å²) in [5.41, 5.74) is 1.92. The van der Waals surface area contributed by atoms with Crippen molar-refractivity contribution in [2.24, 2.45) is 0 Å². The minimum Gasteiger partial charge on any atom is -0.493 e. The lowest BCUT2D eigenvalue weighted by atomic mass is 9.91. The van der Waals surface area contributed by atoms with Gasteiger partial charge in [0.05, 0.1) is 13.7 Å². The first-order valence-electron chi connectivity index (χ1n) is 12.6. The molecule has 0 aromatic heterocycles. The number of piperazine rings is 1. The molecule has 1 atom stereocenters. The molecule has 1 aliphatic carbocycles. The zero-order valence-electron chi connectivity index (χ0n) is 20.4. The van der Waals surface area contributed by atoms with Crippen LogP contribution in [0.3, 0.4) is 0 Å². The molecule has 0 spiro atoms. The van der Waals surface area contributed by atoms with Gasteiger partial charge in [0.15, 0.2) is 11.5 Å². The molecule has 2 aromatic rings.